The molecule has 1 aliphatic heterocycles. The fourth-order valence-corrected chi connectivity index (χ4v) is 2.76. The minimum Gasteiger partial charge on any atom is -0.469 e. The fraction of sp³-hybridized carbons (Fsp3) is 0.412. The van der Waals surface area contributed by atoms with E-state index in [1.807, 2.05) is 24.4 Å². The topological polar surface area (TPSA) is 45.7 Å². The highest BCUT2D eigenvalue weighted by molar-refractivity contribution is 5.84. The van der Waals surface area contributed by atoms with Gasteiger partial charge in [0.15, 0.2) is 0 Å². The third kappa shape index (κ3) is 3.20. The van der Waals surface area contributed by atoms with E-state index in [0.29, 0.717) is 6.42 Å². The smallest absolute Gasteiger partial charge is 0.309 e. The quantitative estimate of drug-likeness (QED) is 0.807. The van der Waals surface area contributed by atoms with Crippen LogP contribution in [-0.4, -0.2) is 56.2 Å². The van der Waals surface area contributed by atoms with Crippen LogP contribution in [0.5, 0.6) is 0 Å². The Morgan fingerprint density at radius 3 is 2.73 bits per heavy atom. The second kappa shape index (κ2) is 6.32. The molecule has 0 amide bonds. The lowest BCUT2D eigenvalue weighted by atomic mass is 10.1. The highest BCUT2D eigenvalue weighted by Gasteiger charge is 2.15. The van der Waals surface area contributed by atoms with E-state index in [-0.39, 0.29) is 5.97 Å². The van der Waals surface area contributed by atoms with E-state index < -0.39 is 0 Å². The fourth-order valence-electron chi connectivity index (χ4n) is 2.76. The Kier molecular flexibility index (Phi) is 4.24. The summed E-state index contributed by atoms with van der Waals surface area (Å²) in [5, 5.41) is 1.07. The zero-order valence-electron chi connectivity index (χ0n) is 13.1. The van der Waals surface area contributed by atoms with Crippen molar-refractivity contribution in [1.82, 2.24) is 9.88 Å². The highest BCUT2D eigenvalue weighted by atomic mass is 16.5. The number of carbonyl (C=O) groups is 1. The molecule has 0 unspecified atom stereocenters. The van der Waals surface area contributed by atoms with Gasteiger partial charge in [0.05, 0.1) is 30.9 Å². The first-order valence-corrected chi connectivity index (χ1v) is 7.55. The average molecular weight is 299 g/mol. The number of piperazine rings is 1. The standard InChI is InChI=1S/C17H21N3O2/c1-19-5-7-20(8-6-19)15-11-14-9-13(10-17(21)22-2)3-4-16(14)18-12-15/h3-4,9,11-12H,5-8,10H2,1-2H3. The molecule has 2 heterocycles. The van der Waals surface area contributed by atoms with Gasteiger partial charge in [-0.05, 0) is 30.8 Å². The minimum absolute atomic E-state index is 0.220. The summed E-state index contributed by atoms with van der Waals surface area (Å²) in [5.74, 6) is -0.220. The number of methoxy groups -OCH3 is 1. The maximum Gasteiger partial charge on any atom is 0.309 e. The summed E-state index contributed by atoms with van der Waals surface area (Å²) in [4.78, 5) is 20.6. The second-order valence-electron chi connectivity index (χ2n) is 5.76. The molecule has 0 radical (unpaired) electrons. The van der Waals surface area contributed by atoms with E-state index >= 15 is 0 Å². The Labute approximate surface area is 130 Å². The number of pyridine rings is 1. The minimum atomic E-state index is -0.220. The predicted octanol–water partition coefficient (Wildman–Crippen LogP) is 1.70. The van der Waals surface area contributed by atoms with Crippen molar-refractivity contribution in [2.75, 3.05) is 45.2 Å². The predicted molar refractivity (Wildman–Crippen MR) is 87.2 cm³/mol. The lowest BCUT2D eigenvalue weighted by molar-refractivity contribution is -0.139. The molecule has 116 valence electrons. The van der Waals surface area contributed by atoms with Crippen LogP contribution in [0.4, 0.5) is 5.69 Å². The third-order valence-electron chi connectivity index (χ3n) is 4.18. The first kappa shape index (κ1) is 14.8. The van der Waals surface area contributed by atoms with Crippen molar-refractivity contribution >= 4 is 22.6 Å². The third-order valence-corrected chi connectivity index (χ3v) is 4.18. The summed E-state index contributed by atoms with van der Waals surface area (Å²) in [7, 11) is 3.56. The number of carbonyl (C=O) groups excluding carboxylic acids is 1. The normalized spacial score (nSPS) is 16.0. The number of ether oxygens (including phenoxy) is 1. The van der Waals surface area contributed by atoms with Crippen molar-refractivity contribution < 1.29 is 9.53 Å². The molecule has 1 saturated heterocycles. The highest BCUT2D eigenvalue weighted by Crippen LogP contribution is 2.22. The van der Waals surface area contributed by atoms with Crippen LogP contribution in [0.3, 0.4) is 0 Å². The summed E-state index contributed by atoms with van der Waals surface area (Å²) < 4.78 is 4.73. The van der Waals surface area contributed by atoms with Gasteiger partial charge in [0.2, 0.25) is 0 Å². The molecule has 1 aliphatic rings. The van der Waals surface area contributed by atoms with Crippen LogP contribution < -0.4 is 4.90 Å². The van der Waals surface area contributed by atoms with Crippen molar-refractivity contribution in [3.63, 3.8) is 0 Å². The van der Waals surface area contributed by atoms with Crippen molar-refractivity contribution in [2.45, 2.75) is 6.42 Å². The Morgan fingerprint density at radius 1 is 1.23 bits per heavy atom. The van der Waals surface area contributed by atoms with Crippen molar-refractivity contribution in [3.05, 3.63) is 36.0 Å². The van der Waals surface area contributed by atoms with Crippen LogP contribution in [0.25, 0.3) is 10.9 Å². The molecule has 5 nitrogen and oxygen atoms in total. The number of rotatable bonds is 3. The first-order chi connectivity index (χ1) is 10.7. The summed E-state index contributed by atoms with van der Waals surface area (Å²) in [6, 6.07) is 8.08. The van der Waals surface area contributed by atoms with Crippen LogP contribution in [0, 0.1) is 0 Å². The monoisotopic (exact) mass is 299 g/mol. The molecule has 22 heavy (non-hydrogen) atoms. The summed E-state index contributed by atoms with van der Waals surface area (Å²) in [6.45, 7) is 4.18. The number of benzene rings is 1. The van der Waals surface area contributed by atoms with Crippen molar-refractivity contribution in [1.29, 1.82) is 0 Å². The van der Waals surface area contributed by atoms with Crippen LogP contribution in [-0.2, 0) is 16.0 Å². The number of likely N-dealkylation sites (N-methyl/N-ethyl adjacent to an activating group) is 1. The number of fused-ring (bicyclic) bond motifs is 1. The number of anilines is 1. The molecular formula is C17H21N3O2. The number of nitrogens with zero attached hydrogens (tertiary/aromatic N) is 3. The van der Waals surface area contributed by atoms with Crippen LogP contribution in [0.1, 0.15) is 5.56 Å². The number of aromatic nitrogens is 1. The van der Waals surface area contributed by atoms with E-state index in [2.05, 4.69) is 27.9 Å². The number of esters is 1. The van der Waals surface area contributed by atoms with Crippen molar-refractivity contribution in [2.24, 2.45) is 0 Å². The Balaban J connectivity index is 1.85. The summed E-state index contributed by atoms with van der Waals surface area (Å²) in [5.41, 5.74) is 3.05. The van der Waals surface area contributed by atoms with E-state index in [0.717, 1.165) is 48.3 Å². The van der Waals surface area contributed by atoms with Gasteiger partial charge in [0.1, 0.15) is 0 Å². The molecule has 0 bridgehead atoms. The van der Waals surface area contributed by atoms with Gasteiger partial charge in [0.25, 0.3) is 0 Å². The Bertz CT molecular complexity index is 679. The summed E-state index contributed by atoms with van der Waals surface area (Å²) in [6.07, 6.45) is 2.23. The van der Waals surface area contributed by atoms with Gasteiger partial charge < -0.3 is 14.5 Å². The van der Waals surface area contributed by atoms with Gasteiger partial charge in [-0.15, -0.1) is 0 Å². The van der Waals surface area contributed by atoms with Gasteiger partial charge in [-0.2, -0.15) is 0 Å². The van der Waals surface area contributed by atoms with Crippen LogP contribution in [0.2, 0.25) is 0 Å². The second-order valence-corrected chi connectivity index (χ2v) is 5.76. The molecule has 2 aromatic rings. The zero-order chi connectivity index (χ0) is 15.5. The van der Waals surface area contributed by atoms with Gasteiger partial charge in [0, 0.05) is 31.6 Å². The lowest BCUT2D eigenvalue weighted by Crippen LogP contribution is -2.44. The molecule has 0 spiro atoms. The SMILES string of the molecule is COC(=O)Cc1ccc2ncc(N3CCN(C)CC3)cc2c1. The van der Waals surface area contributed by atoms with E-state index in [4.69, 9.17) is 4.74 Å². The molecule has 5 heteroatoms. The van der Waals surface area contributed by atoms with Gasteiger partial charge in [-0.25, -0.2) is 0 Å². The molecule has 1 aromatic carbocycles. The van der Waals surface area contributed by atoms with Crippen LogP contribution >= 0.6 is 0 Å². The molecule has 1 aromatic heterocycles. The first-order valence-electron chi connectivity index (χ1n) is 7.55. The molecule has 0 N–H and O–H groups in total. The molecule has 3 rings (SSSR count). The Morgan fingerprint density at radius 2 is 2.00 bits per heavy atom. The van der Waals surface area contributed by atoms with Gasteiger partial charge in [-0.1, -0.05) is 6.07 Å². The largest absolute Gasteiger partial charge is 0.469 e. The van der Waals surface area contributed by atoms with E-state index in [9.17, 15) is 4.79 Å². The lowest BCUT2D eigenvalue weighted by Gasteiger charge is -2.33. The average Bonchev–Trinajstić information content (AvgIpc) is 2.54. The molecular weight excluding hydrogens is 278 g/mol. The Hall–Kier alpha value is -2.14. The molecule has 0 atom stereocenters. The number of hydrogen-bond acceptors (Lipinski definition) is 5. The maximum atomic E-state index is 11.4. The maximum absolute atomic E-state index is 11.4. The van der Waals surface area contributed by atoms with E-state index in [1.165, 1.54) is 7.11 Å². The van der Waals surface area contributed by atoms with Crippen molar-refractivity contribution in [3.8, 4) is 0 Å². The van der Waals surface area contributed by atoms with Crippen LogP contribution in [0.15, 0.2) is 30.5 Å². The molecule has 0 aliphatic carbocycles. The zero-order valence-corrected chi connectivity index (χ0v) is 13.1. The van der Waals surface area contributed by atoms with Gasteiger partial charge in [-0.3, -0.25) is 9.78 Å². The van der Waals surface area contributed by atoms with E-state index in [1.54, 1.807) is 0 Å². The van der Waals surface area contributed by atoms with Gasteiger partial charge >= 0.3 is 5.97 Å². The number of hydrogen-bond donors (Lipinski definition) is 0. The summed E-state index contributed by atoms with van der Waals surface area (Å²) >= 11 is 0. The molecule has 0 saturated carbocycles. The molecule has 1 fully saturated rings.